The quantitative estimate of drug-likeness (QED) is 0.614. The lowest BCUT2D eigenvalue weighted by Gasteiger charge is -2.31. The molecule has 0 aromatic heterocycles. The van der Waals surface area contributed by atoms with E-state index < -0.39 is 16.1 Å². The molecule has 30 heavy (non-hydrogen) atoms. The van der Waals surface area contributed by atoms with Gasteiger partial charge in [0, 0.05) is 0 Å². The fraction of sp³-hybridized carbons (Fsp3) is 0.409. The lowest BCUT2D eigenvalue weighted by atomic mass is 10.0. The maximum absolute atomic E-state index is 13.1. The van der Waals surface area contributed by atoms with Crippen LogP contribution in [0.1, 0.15) is 44.4 Å². The molecule has 1 N–H and O–H groups in total. The Morgan fingerprint density at radius 2 is 1.80 bits per heavy atom. The molecule has 2 aromatic carbocycles. The summed E-state index contributed by atoms with van der Waals surface area (Å²) in [4.78, 5) is 13.1. The molecule has 6 nitrogen and oxygen atoms in total. The summed E-state index contributed by atoms with van der Waals surface area (Å²) in [5.41, 5.74) is 2.47. The Morgan fingerprint density at radius 1 is 1.17 bits per heavy atom. The molecular weight excluding hydrogens is 424 g/mol. The van der Waals surface area contributed by atoms with E-state index >= 15 is 0 Å². The molecule has 0 unspecified atom stereocenters. The van der Waals surface area contributed by atoms with Crippen molar-refractivity contribution < 1.29 is 17.9 Å². The third-order valence-electron chi connectivity index (χ3n) is 4.97. The Morgan fingerprint density at radius 3 is 2.27 bits per heavy atom. The Labute approximate surface area is 184 Å². The van der Waals surface area contributed by atoms with Gasteiger partial charge in [-0.05, 0) is 49.1 Å². The van der Waals surface area contributed by atoms with Crippen LogP contribution in [0, 0.1) is 0 Å². The lowest BCUT2D eigenvalue weighted by molar-refractivity contribution is -0.122. The molecule has 0 saturated carbocycles. The second-order valence-electron chi connectivity index (χ2n) is 7.13. The van der Waals surface area contributed by atoms with Crippen LogP contribution in [0.15, 0.2) is 42.5 Å². The number of rotatable bonds is 9. The number of sulfonamides is 1. The Balaban J connectivity index is 2.32. The molecule has 0 saturated heterocycles. The van der Waals surface area contributed by atoms with Gasteiger partial charge in [0.1, 0.15) is 11.8 Å². The van der Waals surface area contributed by atoms with Crippen molar-refractivity contribution in [2.45, 2.75) is 45.7 Å². The Kier molecular flexibility index (Phi) is 8.15. The number of hydrogen-bond donors (Lipinski definition) is 1. The van der Waals surface area contributed by atoms with Crippen LogP contribution < -0.4 is 14.4 Å². The van der Waals surface area contributed by atoms with Gasteiger partial charge in [-0.1, -0.05) is 49.7 Å². The summed E-state index contributed by atoms with van der Waals surface area (Å²) < 4.78 is 31.5. The third-order valence-corrected chi connectivity index (χ3v) is 6.44. The molecule has 0 aliphatic heterocycles. The van der Waals surface area contributed by atoms with Crippen molar-refractivity contribution in [2.24, 2.45) is 0 Å². The summed E-state index contributed by atoms with van der Waals surface area (Å²) >= 11 is 6.19. The highest BCUT2D eigenvalue weighted by molar-refractivity contribution is 7.92. The molecule has 0 bridgehead atoms. The molecule has 8 heteroatoms. The molecule has 0 heterocycles. The number of nitrogens with zero attached hydrogens (tertiary/aromatic N) is 1. The second kappa shape index (κ2) is 10.2. The summed E-state index contributed by atoms with van der Waals surface area (Å²) in [5.74, 6) is 0.0532. The number of methoxy groups -OCH3 is 1. The highest BCUT2D eigenvalue weighted by Crippen LogP contribution is 2.32. The molecule has 0 spiro atoms. The van der Waals surface area contributed by atoms with E-state index in [0.29, 0.717) is 17.9 Å². The molecule has 0 fully saturated rings. The number of halogens is 1. The van der Waals surface area contributed by atoms with Crippen molar-refractivity contribution in [1.29, 1.82) is 0 Å². The van der Waals surface area contributed by atoms with Crippen LogP contribution in [0.4, 0.5) is 5.69 Å². The van der Waals surface area contributed by atoms with E-state index in [1.807, 2.05) is 31.2 Å². The number of carbonyl (C=O) groups is 1. The van der Waals surface area contributed by atoms with Crippen molar-refractivity contribution in [1.82, 2.24) is 5.32 Å². The number of anilines is 1. The zero-order chi connectivity index (χ0) is 22.5. The zero-order valence-electron chi connectivity index (χ0n) is 18.0. The molecule has 2 aromatic rings. The number of carbonyl (C=O) groups excluding carboxylic acids is 1. The first-order chi connectivity index (χ1) is 14.1. The normalized spacial score (nSPS) is 13.4. The summed E-state index contributed by atoms with van der Waals surface area (Å²) in [6.07, 6.45) is 2.31. The topological polar surface area (TPSA) is 75.7 Å². The van der Waals surface area contributed by atoms with Crippen LogP contribution in [-0.4, -0.2) is 33.7 Å². The van der Waals surface area contributed by atoms with Gasteiger partial charge in [0.2, 0.25) is 15.9 Å². The molecule has 2 atom stereocenters. The zero-order valence-corrected chi connectivity index (χ0v) is 19.5. The van der Waals surface area contributed by atoms with E-state index in [4.69, 9.17) is 16.3 Å². The third kappa shape index (κ3) is 5.67. The molecule has 0 aliphatic rings. The predicted molar refractivity (Wildman–Crippen MR) is 122 cm³/mol. The van der Waals surface area contributed by atoms with Gasteiger partial charge in [-0.15, -0.1) is 0 Å². The number of aryl methyl sites for hydroxylation is 1. The van der Waals surface area contributed by atoms with Crippen LogP contribution in [0.25, 0.3) is 0 Å². The number of hydrogen-bond acceptors (Lipinski definition) is 4. The minimum atomic E-state index is -3.75. The fourth-order valence-corrected chi connectivity index (χ4v) is 4.74. The molecular formula is C22H29ClN2O4S. The highest BCUT2D eigenvalue weighted by atomic mass is 35.5. The van der Waals surface area contributed by atoms with Gasteiger partial charge >= 0.3 is 0 Å². The maximum atomic E-state index is 13.1. The fourth-order valence-electron chi connectivity index (χ4n) is 3.29. The van der Waals surface area contributed by atoms with Crippen molar-refractivity contribution in [2.75, 3.05) is 17.7 Å². The largest absolute Gasteiger partial charge is 0.495 e. The molecule has 0 aliphatic carbocycles. The van der Waals surface area contributed by atoms with Gasteiger partial charge in [0.15, 0.2) is 0 Å². The smallest absolute Gasteiger partial charge is 0.244 e. The van der Waals surface area contributed by atoms with Crippen molar-refractivity contribution in [3.8, 4) is 5.75 Å². The first-order valence-electron chi connectivity index (χ1n) is 9.84. The van der Waals surface area contributed by atoms with Gasteiger partial charge in [-0.2, -0.15) is 0 Å². The summed E-state index contributed by atoms with van der Waals surface area (Å²) in [7, 11) is -2.27. The van der Waals surface area contributed by atoms with Gasteiger partial charge in [0.25, 0.3) is 0 Å². The first kappa shape index (κ1) is 24.0. The highest BCUT2D eigenvalue weighted by Gasteiger charge is 2.32. The minimum absolute atomic E-state index is 0.265. The number of ether oxygens (including phenoxy) is 1. The van der Waals surface area contributed by atoms with E-state index in [0.717, 1.165) is 22.5 Å². The molecule has 2 rings (SSSR count). The van der Waals surface area contributed by atoms with Crippen LogP contribution in [0.5, 0.6) is 5.75 Å². The number of amides is 1. The standard InChI is InChI=1S/C22H29ClN2O4S/c1-6-16-8-10-17(11-9-16)15(3)24-22(26)20(7-2)25(30(5,27)28)18-12-13-21(29-4)19(23)14-18/h8-15,20H,6-7H2,1-5H3,(H,24,26)/t15-,20+/m0/s1. The van der Waals surface area contributed by atoms with Crippen LogP contribution >= 0.6 is 11.6 Å². The van der Waals surface area contributed by atoms with Crippen molar-refractivity contribution >= 4 is 33.2 Å². The van der Waals surface area contributed by atoms with Gasteiger partial charge in [0.05, 0.1) is 30.1 Å². The molecule has 1 amide bonds. The number of nitrogens with one attached hydrogen (secondary N) is 1. The van der Waals surface area contributed by atoms with E-state index in [1.54, 1.807) is 19.1 Å². The van der Waals surface area contributed by atoms with E-state index in [2.05, 4.69) is 12.2 Å². The Bertz CT molecular complexity index is 977. The average Bonchev–Trinajstić information content (AvgIpc) is 2.70. The molecule has 164 valence electrons. The first-order valence-corrected chi connectivity index (χ1v) is 12.1. The Hall–Kier alpha value is -2.25. The van der Waals surface area contributed by atoms with E-state index in [1.165, 1.54) is 18.7 Å². The van der Waals surface area contributed by atoms with Crippen molar-refractivity contribution in [3.63, 3.8) is 0 Å². The summed E-state index contributed by atoms with van der Waals surface area (Å²) in [5, 5.41) is 3.21. The van der Waals surface area contributed by atoms with Crippen LogP contribution in [0.3, 0.4) is 0 Å². The van der Waals surface area contributed by atoms with Gasteiger partial charge in [-0.3, -0.25) is 9.10 Å². The second-order valence-corrected chi connectivity index (χ2v) is 9.39. The average molecular weight is 453 g/mol. The SMILES string of the molecule is CCc1ccc([C@H](C)NC(=O)[C@@H](CC)N(c2ccc(OC)c(Cl)c2)S(C)(=O)=O)cc1. The lowest BCUT2D eigenvalue weighted by Crippen LogP contribution is -2.49. The summed E-state index contributed by atoms with van der Waals surface area (Å²) in [6, 6.07) is 11.5. The van der Waals surface area contributed by atoms with E-state index in [-0.39, 0.29) is 17.0 Å². The van der Waals surface area contributed by atoms with Gasteiger partial charge in [-0.25, -0.2) is 8.42 Å². The summed E-state index contributed by atoms with van der Waals surface area (Å²) in [6.45, 7) is 5.73. The number of benzene rings is 2. The molecule has 0 radical (unpaired) electrons. The minimum Gasteiger partial charge on any atom is -0.495 e. The maximum Gasteiger partial charge on any atom is 0.244 e. The monoisotopic (exact) mass is 452 g/mol. The van der Waals surface area contributed by atoms with Gasteiger partial charge < -0.3 is 10.1 Å². The van der Waals surface area contributed by atoms with Crippen molar-refractivity contribution in [3.05, 3.63) is 58.6 Å². The van der Waals surface area contributed by atoms with Crippen LogP contribution in [-0.2, 0) is 21.2 Å². The van der Waals surface area contributed by atoms with Crippen LogP contribution in [0.2, 0.25) is 5.02 Å². The van der Waals surface area contributed by atoms with E-state index in [9.17, 15) is 13.2 Å². The predicted octanol–water partition coefficient (Wildman–Crippen LogP) is 4.33.